The minimum Gasteiger partial charge on any atom is -0.324 e. The molecular weight excluding hydrogens is 372 g/mol. The predicted octanol–water partition coefficient (Wildman–Crippen LogP) is 5.32. The maximum absolute atomic E-state index is 12.9. The quantitative estimate of drug-likeness (QED) is 0.647. The number of hydrogen-bond acceptors (Lipinski definition) is 4. The highest BCUT2D eigenvalue weighted by Gasteiger charge is 2.31. The minimum atomic E-state index is 0.0605. The first-order chi connectivity index (χ1) is 13.0. The van der Waals surface area contributed by atoms with Crippen LogP contribution in [-0.2, 0) is 11.2 Å². The molecule has 1 aromatic carbocycles. The van der Waals surface area contributed by atoms with E-state index in [2.05, 4.69) is 72.1 Å². The second-order valence-corrected chi connectivity index (χ2v) is 9.24. The first-order valence-corrected chi connectivity index (χ1v) is 11.0. The summed E-state index contributed by atoms with van der Waals surface area (Å²) in [6.07, 6.45) is 1.02. The summed E-state index contributed by atoms with van der Waals surface area (Å²) in [5, 5.41) is 7.45. The Hall–Kier alpha value is -1.95. The van der Waals surface area contributed by atoms with Gasteiger partial charge in [0.2, 0.25) is 5.91 Å². The number of thiophene rings is 2. The van der Waals surface area contributed by atoms with Gasteiger partial charge in [0, 0.05) is 22.0 Å². The molecular formula is C22H24N2OS2. The molecule has 0 saturated heterocycles. The molecule has 3 aromatic rings. The Morgan fingerprint density at radius 3 is 2.63 bits per heavy atom. The Bertz CT molecular complexity index is 936. The summed E-state index contributed by atoms with van der Waals surface area (Å²) in [4.78, 5) is 18.0. The summed E-state index contributed by atoms with van der Waals surface area (Å²) in [6, 6.07) is 10.9. The van der Waals surface area contributed by atoms with Crippen LogP contribution in [0.3, 0.4) is 0 Å². The zero-order valence-corrected chi connectivity index (χ0v) is 17.5. The fraction of sp³-hybridized carbons (Fsp3) is 0.318. The number of hydrogen-bond donors (Lipinski definition) is 1. The van der Waals surface area contributed by atoms with Gasteiger partial charge in [-0.1, -0.05) is 23.8 Å². The molecule has 2 aromatic heterocycles. The largest absolute Gasteiger partial charge is 0.324 e. The van der Waals surface area contributed by atoms with Crippen LogP contribution in [0.1, 0.15) is 38.0 Å². The first kappa shape index (κ1) is 18.4. The van der Waals surface area contributed by atoms with E-state index >= 15 is 0 Å². The Balaban J connectivity index is 1.56. The molecule has 3 nitrogen and oxygen atoms in total. The predicted molar refractivity (Wildman–Crippen MR) is 115 cm³/mol. The van der Waals surface area contributed by atoms with E-state index in [1.807, 2.05) is 11.3 Å². The number of rotatable bonds is 4. The van der Waals surface area contributed by atoms with Crippen LogP contribution in [-0.4, -0.2) is 23.9 Å². The summed E-state index contributed by atoms with van der Waals surface area (Å²) in [5.41, 5.74) is 5.78. The molecule has 0 radical (unpaired) electrons. The molecule has 1 amide bonds. The number of amides is 1. The highest BCUT2D eigenvalue weighted by atomic mass is 32.1. The number of anilines is 1. The second kappa shape index (κ2) is 7.58. The molecule has 4 rings (SSSR count). The normalized spacial score (nSPS) is 16.9. The van der Waals surface area contributed by atoms with Crippen LogP contribution in [0.4, 0.5) is 5.69 Å². The van der Waals surface area contributed by atoms with Gasteiger partial charge in [-0.2, -0.15) is 0 Å². The maximum Gasteiger partial charge on any atom is 0.238 e. The van der Waals surface area contributed by atoms with Crippen molar-refractivity contribution in [3.05, 3.63) is 73.1 Å². The van der Waals surface area contributed by atoms with Crippen molar-refractivity contribution in [1.82, 2.24) is 4.90 Å². The molecule has 0 unspecified atom stereocenters. The number of carbonyl (C=O) groups excluding carboxylic acids is 1. The molecule has 0 aliphatic carbocycles. The van der Waals surface area contributed by atoms with Crippen LogP contribution in [0.25, 0.3) is 0 Å². The van der Waals surface area contributed by atoms with E-state index < -0.39 is 0 Å². The monoisotopic (exact) mass is 396 g/mol. The molecule has 1 atom stereocenters. The van der Waals surface area contributed by atoms with Crippen molar-refractivity contribution in [3.8, 4) is 0 Å². The molecule has 0 saturated carbocycles. The Morgan fingerprint density at radius 1 is 1.15 bits per heavy atom. The van der Waals surface area contributed by atoms with Gasteiger partial charge in [-0.3, -0.25) is 9.69 Å². The lowest BCUT2D eigenvalue weighted by molar-refractivity contribution is -0.117. The highest BCUT2D eigenvalue weighted by molar-refractivity contribution is 7.10. The molecule has 0 fully saturated rings. The lowest BCUT2D eigenvalue weighted by Crippen LogP contribution is -2.40. The standard InChI is InChI=1S/C22H24N2OS2/c1-14-11-15(2)21(16(3)12-14)23-20(25)13-24-8-6-18-17(7-10-27-18)22(24)19-5-4-9-26-19/h4-5,7,9-12,22H,6,8,13H2,1-3H3,(H,23,25)/t22-/m0/s1. The van der Waals surface area contributed by atoms with Crippen LogP contribution in [0.2, 0.25) is 0 Å². The maximum atomic E-state index is 12.9. The average molecular weight is 397 g/mol. The number of aryl methyl sites for hydroxylation is 3. The van der Waals surface area contributed by atoms with E-state index in [0.29, 0.717) is 6.54 Å². The van der Waals surface area contributed by atoms with Gasteiger partial charge in [0.25, 0.3) is 0 Å². The highest BCUT2D eigenvalue weighted by Crippen LogP contribution is 2.39. The van der Waals surface area contributed by atoms with Crippen molar-refractivity contribution in [2.75, 3.05) is 18.4 Å². The summed E-state index contributed by atoms with van der Waals surface area (Å²) in [7, 11) is 0. The zero-order valence-electron chi connectivity index (χ0n) is 15.9. The van der Waals surface area contributed by atoms with E-state index in [0.717, 1.165) is 29.8 Å². The third-order valence-corrected chi connectivity index (χ3v) is 7.09. The van der Waals surface area contributed by atoms with Crippen molar-refractivity contribution < 1.29 is 4.79 Å². The number of benzene rings is 1. The molecule has 3 heterocycles. The van der Waals surface area contributed by atoms with Crippen LogP contribution in [0.15, 0.2) is 41.1 Å². The van der Waals surface area contributed by atoms with E-state index in [-0.39, 0.29) is 11.9 Å². The van der Waals surface area contributed by atoms with E-state index in [1.165, 1.54) is 20.9 Å². The number of nitrogens with one attached hydrogen (secondary N) is 1. The van der Waals surface area contributed by atoms with Gasteiger partial charge in [0.1, 0.15) is 0 Å². The number of carbonyl (C=O) groups is 1. The van der Waals surface area contributed by atoms with Gasteiger partial charge < -0.3 is 5.32 Å². The van der Waals surface area contributed by atoms with Crippen molar-refractivity contribution in [3.63, 3.8) is 0 Å². The Kier molecular flexibility index (Phi) is 5.17. The van der Waals surface area contributed by atoms with Gasteiger partial charge in [-0.25, -0.2) is 0 Å². The van der Waals surface area contributed by atoms with Gasteiger partial charge in [0.15, 0.2) is 0 Å². The molecule has 5 heteroatoms. The summed E-state index contributed by atoms with van der Waals surface area (Å²) >= 11 is 3.60. The summed E-state index contributed by atoms with van der Waals surface area (Å²) in [6.45, 7) is 7.52. The molecule has 0 spiro atoms. The summed E-state index contributed by atoms with van der Waals surface area (Å²) < 4.78 is 0. The first-order valence-electron chi connectivity index (χ1n) is 9.24. The van der Waals surface area contributed by atoms with Crippen molar-refractivity contribution >= 4 is 34.3 Å². The van der Waals surface area contributed by atoms with Crippen LogP contribution >= 0.6 is 22.7 Å². The topological polar surface area (TPSA) is 32.3 Å². The SMILES string of the molecule is Cc1cc(C)c(NC(=O)CN2CCc3sccc3[C@H]2c2cccs2)c(C)c1. The summed E-state index contributed by atoms with van der Waals surface area (Å²) in [5.74, 6) is 0.0605. The van der Waals surface area contributed by atoms with Gasteiger partial charge >= 0.3 is 0 Å². The molecule has 1 aliphatic heterocycles. The molecule has 140 valence electrons. The lowest BCUT2D eigenvalue weighted by Gasteiger charge is -2.35. The molecule has 0 bridgehead atoms. The second-order valence-electron chi connectivity index (χ2n) is 7.26. The van der Waals surface area contributed by atoms with E-state index in [4.69, 9.17) is 0 Å². The van der Waals surface area contributed by atoms with Crippen molar-refractivity contribution in [1.29, 1.82) is 0 Å². The van der Waals surface area contributed by atoms with Crippen LogP contribution in [0.5, 0.6) is 0 Å². The fourth-order valence-corrected chi connectivity index (χ4v) is 5.84. The van der Waals surface area contributed by atoms with E-state index in [9.17, 15) is 4.79 Å². The fourth-order valence-electron chi connectivity index (χ4n) is 4.06. The minimum absolute atomic E-state index is 0.0605. The lowest BCUT2D eigenvalue weighted by atomic mass is 9.98. The molecule has 27 heavy (non-hydrogen) atoms. The van der Waals surface area contributed by atoms with Crippen molar-refractivity contribution in [2.24, 2.45) is 0 Å². The van der Waals surface area contributed by atoms with Crippen LogP contribution in [0, 0.1) is 20.8 Å². The van der Waals surface area contributed by atoms with E-state index in [1.54, 1.807) is 11.3 Å². The average Bonchev–Trinajstić information content (AvgIpc) is 3.29. The smallest absolute Gasteiger partial charge is 0.238 e. The molecule has 1 N–H and O–H groups in total. The Labute approximate surface area is 168 Å². The Morgan fingerprint density at radius 2 is 1.93 bits per heavy atom. The third-order valence-electron chi connectivity index (χ3n) is 5.17. The number of fused-ring (bicyclic) bond motifs is 1. The molecule has 1 aliphatic rings. The van der Waals surface area contributed by atoms with Gasteiger partial charge in [-0.15, -0.1) is 22.7 Å². The zero-order chi connectivity index (χ0) is 19.0. The van der Waals surface area contributed by atoms with Crippen molar-refractivity contribution in [2.45, 2.75) is 33.2 Å². The van der Waals surface area contributed by atoms with Gasteiger partial charge in [-0.05, 0) is 66.8 Å². The van der Waals surface area contributed by atoms with Crippen LogP contribution < -0.4 is 5.32 Å². The third kappa shape index (κ3) is 3.72. The van der Waals surface area contributed by atoms with Gasteiger partial charge in [0.05, 0.1) is 12.6 Å². The number of nitrogens with zero attached hydrogens (tertiary/aromatic N) is 1.